The number of aromatic amines is 1. The van der Waals surface area contributed by atoms with E-state index in [1.807, 2.05) is 0 Å². The minimum Gasteiger partial charge on any atom is -0.477 e. The highest BCUT2D eigenvalue weighted by molar-refractivity contribution is 5.86. The summed E-state index contributed by atoms with van der Waals surface area (Å²) in [5, 5.41) is 8.76. The van der Waals surface area contributed by atoms with Crippen molar-refractivity contribution in [2.75, 3.05) is 37.6 Å². The van der Waals surface area contributed by atoms with Crippen LogP contribution >= 0.6 is 0 Å². The van der Waals surface area contributed by atoms with Crippen LogP contribution in [0.25, 0.3) is 0 Å². The third-order valence-corrected chi connectivity index (χ3v) is 3.12. The Morgan fingerprint density at radius 3 is 2.50 bits per heavy atom. The fourth-order valence-electron chi connectivity index (χ4n) is 2.00. The number of hydrogen-bond donors (Lipinski definition) is 3. The highest BCUT2D eigenvalue weighted by atomic mass is 16.4. The summed E-state index contributed by atoms with van der Waals surface area (Å²) >= 11 is 0. The predicted molar refractivity (Wildman–Crippen MR) is 69.7 cm³/mol. The number of aromatic carboxylic acids is 1. The van der Waals surface area contributed by atoms with Gasteiger partial charge in [-0.25, -0.2) is 9.78 Å². The Balaban J connectivity index is 2.08. The van der Waals surface area contributed by atoms with Gasteiger partial charge >= 0.3 is 5.97 Å². The number of nitrogens with zero attached hydrogens (tertiary/aromatic N) is 3. The molecule has 1 fully saturated rings. The van der Waals surface area contributed by atoms with Crippen molar-refractivity contribution in [2.24, 2.45) is 5.73 Å². The van der Waals surface area contributed by atoms with Gasteiger partial charge in [-0.05, 0) is 0 Å². The van der Waals surface area contributed by atoms with E-state index >= 15 is 0 Å². The first-order valence-electron chi connectivity index (χ1n) is 6.08. The van der Waals surface area contributed by atoms with Crippen molar-refractivity contribution >= 4 is 17.8 Å². The van der Waals surface area contributed by atoms with E-state index in [4.69, 9.17) is 10.8 Å². The number of carboxylic acid groups (broad SMARTS) is 1. The summed E-state index contributed by atoms with van der Waals surface area (Å²) in [6.45, 7) is 1.95. The molecule has 9 heteroatoms. The van der Waals surface area contributed by atoms with Crippen LogP contribution in [0.5, 0.6) is 0 Å². The Morgan fingerprint density at radius 2 is 2.00 bits per heavy atom. The molecule has 1 aromatic rings. The lowest BCUT2D eigenvalue weighted by Gasteiger charge is -2.34. The van der Waals surface area contributed by atoms with Crippen LogP contribution < -0.4 is 16.2 Å². The first-order valence-corrected chi connectivity index (χ1v) is 6.08. The van der Waals surface area contributed by atoms with Crippen LogP contribution in [-0.2, 0) is 4.79 Å². The molecule has 0 bridgehead atoms. The quantitative estimate of drug-likeness (QED) is 0.588. The van der Waals surface area contributed by atoms with E-state index in [0.717, 1.165) is 6.20 Å². The Hall–Kier alpha value is -2.42. The van der Waals surface area contributed by atoms with Crippen molar-refractivity contribution in [1.29, 1.82) is 0 Å². The molecule has 0 saturated carbocycles. The SMILES string of the molecule is NCC(=O)N1CCN(c2ncc(C(=O)O)c(=O)[nH]2)CC1. The van der Waals surface area contributed by atoms with E-state index in [1.165, 1.54) is 0 Å². The number of piperazine rings is 1. The van der Waals surface area contributed by atoms with Crippen molar-refractivity contribution in [2.45, 2.75) is 0 Å². The fourth-order valence-corrected chi connectivity index (χ4v) is 2.00. The molecule has 1 aliphatic heterocycles. The number of aromatic nitrogens is 2. The monoisotopic (exact) mass is 281 g/mol. The van der Waals surface area contributed by atoms with Gasteiger partial charge in [-0.15, -0.1) is 0 Å². The number of carbonyl (C=O) groups excluding carboxylic acids is 1. The molecule has 0 aromatic carbocycles. The molecule has 1 amide bonds. The van der Waals surface area contributed by atoms with Crippen molar-refractivity contribution in [3.8, 4) is 0 Å². The summed E-state index contributed by atoms with van der Waals surface area (Å²) in [6, 6.07) is 0. The van der Waals surface area contributed by atoms with E-state index in [1.54, 1.807) is 9.80 Å². The first kappa shape index (κ1) is 14.0. The summed E-state index contributed by atoms with van der Waals surface area (Å²) in [4.78, 5) is 43.5. The number of nitrogens with one attached hydrogen (secondary N) is 1. The second-order valence-electron chi connectivity index (χ2n) is 4.33. The lowest BCUT2D eigenvalue weighted by molar-refractivity contribution is -0.129. The van der Waals surface area contributed by atoms with Crippen LogP contribution in [0.15, 0.2) is 11.0 Å². The van der Waals surface area contributed by atoms with E-state index in [0.29, 0.717) is 32.1 Å². The van der Waals surface area contributed by atoms with Gasteiger partial charge in [0.05, 0.1) is 12.7 Å². The van der Waals surface area contributed by atoms with Gasteiger partial charge < -0.3 is 20.6 Å². The molecule has 1 saturated heterocycles. The average molecular weight is 281 g/mol. The van der Waals surface area contributed by atoms with E-state index in [9.17, 15) is 14.4 Å². The van der Waals surface area contributed by atoms with Gasteiger partial charge in [0.25, 0.3) is 5.56 Å². The number of H-pyrrole nitrogens is 1. The maximum Gasteiger partial charge on any atom is 0.342 e. The maximum absolute atomic E-state index is 11.6. The number of amides is 1. The van der Waals surface area contributed by atoms with Crippen LogP contribution in [0.1, 0.15) is 10.4 Å². The Bertz CT molecular complexity index is 576. The Labute approximate surface area is 114 Å². The summed E-state index contributed by atoms with van der Waals surface area (Å²) in [5.41, 5.74) is 4.20. The Morgan fingerprint density at radius 1 is 1.35 bits per heavy atom. The molecular weight excluding hydrogens is 266 g/mol. The van der Waals surface area contributed by atoms with Gasteiger partial charge in [-0.3, -0.25) is 14.6 Å². The number of rotatable bonds is 3. The summed E-state index contributed by atoms with van der Waals surface area (Å²) in [5.74, 6) is -1.13. The van der Waals surface area contributed by atoms with Gasteiger partial charge in [0, 0.05) is 26.2 Å². The van der Waals surface area contributed by atoms with Crippen molar-refractivity contribution in [1.82, 2.24) is 14.9 Å². The average Bonchev–Trinajstić information content (AvgIpc) is 2.46. The fraction of sp³-hybridized carbons (Fsp3) is 0.455. The molecule has 2 rings (SSSR count). The number of nitrogens with two attached hydrogens (primary N) is 1. The minimum absolute atomic E-state index is 0.0254. The lowest BCUT2D eigenvalue weighted by atomic mass is 10.3. The molecule has 20 heavy (non-hydrogen) atoms. The molecule has 108 valence electrons. The summed E-state index contributed by atoms with van der Waals surface area (Å²) in [7, 11) is 0. The normalized spacial score (nSPS) is 15.2. The van der Waals surface area contributed by atoms with Crippen LogP contribution in [0.3, 0.4) is 0 Å². The molecule has 0 unspecified atom stereocenters. The second-order valence-corrected chi connectivity index (χ2v) is 4.33. The van der Waals surface area contributed by atoms with Gasteiger partial charge in [-0.1, -0.05) is 0 Å². The summed E-state index contributed by atoms with van der Waals surface area (Å²) < 4.78 is 0. The molecule has 1 aliphatic rings. The van der Waals surface area contributed by atoms with Crippen molar-refractivity contribution < 1.29 is 14.7 Å². The number of anilines is 1. The predicted octanol–water partition coefficient (Wildman–Crippen LogP) is -1.92. The van der Waals surface area contributed by atoms with Crippen LogP contribution in [0.4, 0.5) is 5.95 Å². The second kappa shape index (κ2) is 5.70. The molecule has 2 heterocycles. The largest absolute Gasteiger partial charge is 0.477 e. The number of hydrogen-bond acceptors (Lipinski definition) is 6. The lowest BCUT2D eigenvalue weighted by Crippen LogP contribution is -2.51. The zero-order valence-corrected chi connectivity index (χ0v) is 10.7. The zero-order valence-electron chi connectivity index (χ0n) is 10.7. The molecule has 1 aromatic heterocycles. The van der Waals surface area contributed by atoms with Crippen molar-refractivity contribution in [3.05, 3.63) is 22.1 Å². The van der Waals surface area contributed by atoms with Crippen LogP contribution in [-0.4, -0.2) is 64.6 Å². The maximum atomic E-state index is 11.6. The van der Waals surface area contributed by atoms with E-state index < -0.39 is 17.1 Å². The molecular formula is C11H15N5O4. The highest BCUT2D eigenvalue weighted by Gasteiger charge is 2.22. The highest BCUT2D eigenvalue weighted by Crippen LogP contribution is 2.09. The standard InChI is InChI=1S/C11H15N5O4/c12-5-8(17)15-1-3-16(4-2-15)11-13-6-7(10(19)20)9(18)14-11/h6H,1-5,12H2,(H,19,20)(H,13,14,18). The molecule has 0 atom stereocenters. The molecule has 9 nitrogen and oxygen atoms in total. The third kappa shape index (κ3) is 2.77. The van der Waals surface area contributed by atoms with Gasteiger partial charge in [0.15, 0.2) is 0 Å². The third-order valence-electron chi connectivity index (χ3n) is 3.12. The zero-order chi connectivity index (χ0) is 14.7. The van der Waals surface area contributed by atoms with E-state index in [2.05, 4.69) is 9.97 Å². The molecule has 4 N–H and O–H groups in total. The van der Waals surface area contributed by atoms with Crippen LogP contribution in [0, 0.1) is 0 Å². The van der Waals surface area contributed by atoms with Gasteiger partial charge in [-0.2, -0.15) is 0 Å². The Kier molecular flexibility index (Phi) is 3.99. The summed E-state index contributed by atoms with van der Waals surface area (Å²) in [6.07, 6.45) is 1.04. The van der Waals surface area contributed by atoms with Gasteiger partial charge in [0.1, 0.15) is 5.56 Å². The molecule has 0 spiro atoms. The topological polar surface area (TPSA) is 133 Å². The van der Waals surface area contributed by atoms with Crippen molar-refractivity contribution in [3.63, 3.8) is 0 Å². The number of carboxylic acids is 1. The molecule has 0 radical (unpaired) electrons. The first-order chi connectivity index (χ1) is 9.52. The smallest absolute Gasteiger partial charge is 0.342 e. The van der Waals surface area contributed by atoms with E-state index in [-0.39, 0.29) is 12.5 Å². The minimum atomic E-state index is -1.32. The number of carbonyl (C=O) groups is 2. The van der Waals surface area contributed by atoms with Crippen LogP contribution in [0.2, 0.25) is 0 Å². The van der Waals surface area contributed by atoms with Gasteiger partial charge in [0.2, 0.25) is 11.9 Å². The molecule has 0 aliphatic carbocycles.